The van der Waals surface area contributed by atoms with Crippen molar-refractivity contribution in [3.05, 3.63) is 65.0 Å². The lowest BCUT2D eigenvalue weighted by atomic mass is 9.83. The molecule has 2 aliphatic rings. The zero-order valence-electron chi connectivity index (χ0n) is 20.4. The summed E-state index contributed by atoms with van der Waals surface area (Å²) < 4.78 is 18.7. The van der Waals surface area contributed by atoms with Gasteiger partial charge in [-0.15, -0.1) is 0 Å². The molecule has 1 N–H and O–H groups in total. The fourth-order valence-electron chi connectivity index (χ4n) is 4.87. The minimum atomic E-state index is -1.19. The molecule has 2 heterocycles. The first kappa shape index (κ1) is 24.7. The van der Waals surface area contributed by atoms with Crippen LogP contribution in [0.3, 0.4) is 0 Å². The van der Waals surface area contributed by atoms with Crippen molar-refractivity contribution in [1.29, 1.82) is 0 Å². The molecule has 0 aliphatic carbocycles. The molecule has 35 heavy (non-hydrogen) atoms. The highest BCUT2D eigenvalue weighted by Gasteiger charge is 2.48. The van der Waals surface area contributed by atoms with E-state index in [2.05, 4.69) is 10.5 Å². The van der Waals surface area contributed by atoms with Gasteiger partial charge in [0, 0.05) is 19.6 Å². The van der Waals surface area contributed by atoms with Crippen LogP contribution in [0.2, 0.25) is 0 Å². The fraction of sp³-hybridized carbons (Fsp3) is 0.444. The molecule has 8 heteroatoms. The Labute approximate surface area is 205 Å². The monoisotopic (exact) mass is 481 g/mol. The molecule has 0 saturated carbocycles. The second-order valence-corrected chi connectivity index (χ2v) is 9.32. The van der Waals surface area contributed by atoms with Gasteiger partial charge in [0.2, 0.25) is 5.60 Å². The number of hydrogen-bond donors (Lipinski definition) is 1. The molecule has 7 nitrogen and oxygen atoms in total. The maximum absolute atomic E-state index is 13.5. The van der Waals surface area contributed by atoms with Crippen molar-refractivity contribution < 1.29 is 23.6 Å². The Hall–Kier alpha value is -3.42. The molecule has 2 aliphatic heterocycles. The number of nitrogens with one attached hydrogen (secondary N) is 1. The highest BCUT2D eigenvalue weighted by molar-refractivity contribution is 5.98. The molecule has 2 aromatic rings. The van der Waals surface area contributed by atoms with Gasteiger partial charge in [-0.05, 0) is 74.4 Å². The van der Waals surface area contributed by atoms with E-state index in [0.29, 0.717) is 36.9 Å². The lowest BCUT2D eigenvalue weighted by Crippen LogP contribution is -2.48. The van der Waals surface area contributed by atoms with Crippen molar-refractivity contribution in [2.45, 2.75) is 44.6 Å². The number of nitrogens with zero attached hydrogens (tertiary/aromatic N) is 2. The van der Waals surface area contributed by atoms with Crippen LogP contribution < -0.4 is 10.1 Å². The number of amides is 2. The van der Waals surface area contributed by atoms with Crippen molar-refractivity contribution in [2.24, 2.45) is 11.1 Å². The van der Waals surface area contributed by atoms with E-state index >= 15 is 0 Å². The van der Waals surface area contributed by atoms with Crippen LogP contribution in [0.4, 0.5) is 4.39 Å². The average Bonchev–Trinajstić information content (AvgIpc) is 3.28. The predicted octanol–water partition coefficient (Wildman–Crippen LogP) is 3.92. The van der Waals surface area contributed by atoms with E-state index in [-0.39, 0.29) is 17.6 Å². The molecule has 1 saturated heterocycles. The van der Waals surface area contributed by atoms with Crippen molar-refractivity contribution in [2.75, 3.05) is 26.7 Å². The summed E-state index contributed by atoms with van der Waals surface area (Å²) >= 11 is 0. The third kappa shape index (κ3) is 5.16. The SMILES string of the molecule is CCNC(=O)C1(C)ON=CC1c1ccc(OC)c(C(=O)N2CCC(Cc3ccc(F)cc3)CC2)c1. The Balaban J connectivity index is 1.48. The van der Waals surface area contributed by atoms with Crippen molar-refractivity contribution in [3.8, 4) is 5.75 Å². The summed E-state index contributed by atoms with van der Waals surface area (Å²) in [6.07, 6.45) is 4.24. The number of likely N-dealkylation sites (N-methyl/N-ethyl adjacent to an activating group) is 1. The number of oxime groups is 1. The Kier molecular flexibility index (Phi) is 7.38. The lowest BCUT2D eigenvalue weighted by Gasteiger charge is -2.33. The third-order valence-corrected chi connectivity index (χ3v) is 6.99. The van der Waals surface area contributed by atoms with Crippen LogP contribution >= 0.6 is 0 Å². The highest BCUT2D eigenvalue weighted by Crippen LogP contribution is 2.37. The van der Waals surface area contributed by atoms with Gasteiger partial charge >= 0.3 is 0 Å². The van der Waals surface area contributed by atoms with Gasteiger partial charge in [-0.1, -0.05) is 23.4 Å². The summed E-state index contributed by atoms with van der Waals surface area (Å²) in [7, 11) is 1.54. The van der Waals surface area contributed by atoms with Crippen LogP contribution in [0.1, 0.15) is 54.1 Å². The van der Waals surface area contributed by atoms with E-state index in [9.17, 15) is 14.0 Å². The molecular weight excluding hydrogens is 449 g/mol. The zero-order valence-corrected chi connectivity index (χ0v) is 20.4. The number of hydrogen-bond acceptors (Lipinski definition) is 5. The van der Waals surface area contributed by atoms with Gasteiger partial charge in [0.15, 0.2) is 0 Å². The van der Waals surface area contributed by atoms with Crippen LogP contribution in [0, 0.1) is 11.7 Å². The molecule has 2 unspecified atom stereocenters. The second kappa shape index (κ2) is 10.5. The van der Waals surface area contributed by atoms with Gasteiger partial charge in [-0.25, -0.2) is 4.39 Å². The van der Waals surface area contributed by atoms with Gasteiger partial charge in [-0.3, -0.25) is 9.59 Å². The summed E-state index contributed by atoms with van der Waals surface area (Å²) in [4.78, 5) is 33.5. The number of halogens is 1. The maximum atomic E-state index is 13.5. The Bertz CT molecular complexity index is 1100. The molecule has 2 amide bonds. The first-order chi connectivity index (χ1) is 16.9. The van der Waals surface area contributed by atoms with Crippen LogP contribution in [-0.4, -0.2) is 55.3 Å². The van der Waals surface area contributed by atoms with Gasteiger partial charge in [-0.2, -0.15) is 0 Å². The van der Waals surface area contributed by atoms with E-state index in [1.165, 1.54) is 12.1 Å². The Morgan fingerprint density at radius 3 is 2.57 bits per heavy atom. The summed E-state index contributed by atoms with van der Waals surface area (Å²) in [5.41, 5.74) is 1.14. The molecule has 186 valence electrons. The molecule has 1 fully saturated rings. The minimum Gasteiger partial charge on any atom is -0.496 e. The molecule has 0 spiro atoms. The van der Waals surface area contributed by atoms with E-state index in [4.69, 9.17) is 9.57 Å². The number of piperidine rings is 1. The van der Waals surface area contributed by atoms with Gasteiger partial charge in [0.1, 0.15) is 11.6 Å². The van der Waals surface area contributed by atoms with E-state index in [1.807, 2.05) is 30.0 Å². The number of methoxy groups -OCH3 is 1. The van der Waals surface area contributed by atoms with Crippen LogP contribution in [0.25, 0.3) is 0 Å². The Morgan fingerprint density at radius 2 is 1.91 bits per heavy atom. The van der Waals surface area contributed by atoms with Crippen molar-refractivity contribution in [3.63, 3.8) is 0 Å². The normalized spacial score (nSPS) is 22.1. The molecule has 0 aromatic heterocycles. The minimum absolute atomic E-state index is 0.0977. The zero-order chi connectivity index (χ0) is 25.0. The van der Waals surface area contributed by atoms with Crippen LogP contribution in [0.5, 0.6) is 5.75 Å². The number of likely N-dealkylation sites (tertiary alicyclic amines) is 1. The number of benzene rings is 2. The smallest absolute Gasteiger partial charge is 0.267 e. The summed E-state index contributed by atoms with van der Waals surface area (Å²) in [6.45, 7) is 5.31. The molecule has 2 atom stereocenters. The van der Waals surface area contributed by atoms with Gasteiger partial charge in [0.25, 0.3) is 11.8 Å². The van der Waals surface area contributed by atoms with Crippen LogP contribution in [-0.2, 0) is 16.1 Å². The lowest BCUT2D eigenvalue weighted by molar-refractivity contribution is -0.143. The molecule has 0 radical (unpaired) electrons. The van der Waals surface area contributed by atoms with E-state index < -0.39 is 11.5 Å². The van der Waals surface area contributed by atoms with E-state index in [1.54, 1.807) is 32.4 Å². The number of carbonyl (C=O) groups is 2. The molecular formula is C27H32FN3O4. The van der Waals surface area contributed by atoms with Crippen molar-refractivity contribution in [1.82, 2.24) is 10.2 Å². The summed E-state index contributed by atoms with van der Waals surface area (Å²) in [6, 6.07) is 12.0. The summed E-state index contributed by atoms with van der Waals surface area (Å²) in [5, 5.41) is 6.72. The Morgan fingerprint density at radius 1 is 1.20 bits per heavy atom. The largest absolute Gasteiger partial charge is 0.496 e. The predicted molar refractivity (Wildman–Crippen MR) is 131 cm³/mol. The second-order valence-electron chi connectivity index (χ2n) is 9.32. The summed E-state index contributed by atoms with van der Waals surface area (Å²) in [5.74, 6) is -0.0842. The van der Waals surface area contributed by atoms with Crippen molar-refractivity contribution >= 4 is 18.0 Å². The first-order valence-electron chi connectivity index (χ1n) is 12.1. The average molecular weight is 482 g/mol. The quantitative estimate of drug-likeness (QED) is 0.650. The molecule has 2 aromatic carbocycles. The standard InChI is InChI=1S/C27H32FN3O4/c1-4-29-26(33)27(2)23(17-30-35-27)20-7-10-24(34-3)22(16-20)25(32)31-13-11-19(12-14-31)15-18-5-8-21(28)9-6-18/h5-10,16-17,19,23H,4,11-15H2,1-3H3,(H,29,33). The topological polar surface area (TPSA) is 80.2 Å². The van der Waals surface area contributed by atoms with Gasteiger partial charge < -0.3 is 19.8 Å². The van der Waals surface area contributed by atoms with Crippen LogP contribution in [0.15, 0.2) is 47.6 Å². The van der Waals surface area contributed by atoms with Gasteiger partial charge in [0.05, 0.1) is 24.8 Å². The molecule has 4 rings (SSSR count). The fourth-order valence-corrected chi connectivity index (χ4v) is 4.87. The van der Waals surface area contributed by atoms with E-state index in [0.717, 1.165) is 30.4 Å². The third-order valence-electron chi connectivity index (χ3n) is 6.99. The number of carbonyl (C=O) groups excluding carboxylic acids is 2. The number of rotatable bonds is 7. The highest BCUT2D eigenvalue weighted by atomic mass is 19.1. The molecule has 0 bridgehead atoms. The maximum Gasteiger partial charge on any atom is 0.267 e. The number of ether oxygens (including phenoxy) is 1. The first-order valence-corrected chi connectivity index (χ1v) is 12.1.